The van der Waals surface area contributed by atoms with Crippen molar-refractivity contribution in [3.63, 3.8) is 0 Å². The molecule has 26 heavy (non-hydrogen) atoms. The summed E-state index contributed by atoms with van der Waals surface area (Å²) in [7, 11) is 1.34. The van der Waals surface area contributed by atoms with Gasteiger partial charge in [-0.3, -0.25) is 9.69 Å². The Morgan fingerprint density at radius 1 is 1.15 bits per heavy atom. The molecule has 2 aromatic rings. The molecule has 2 aromatic carbocycles. The van der Waals surface area contributed by atoms with E-state index in [9.17, 15) is 9.59 Å². The zero-order valence-electron chi connectivity index (χ0n) is 14.4. The van der Waals surface area contributed by atoms with Crippen LogP contribution < -0.4 is 4.90 Å². The van der Waals surface area contributed by atoms with Crippen molar-refractivity contribution in [2.75, 3.05) is 12.0 Å². The molecule has 0 N–H and O–H groups in total. The molecule has 0 saturated carbocycles. The summed E-state index contributed by atoms with van der Waals surface area (Å²) in [4.78, 5) is 26.4. The number of hydrogen-bond acceptors (Lipinski definition) is 5. The van der Waals surface area contributed by atoms with Crippen LogP contribution in [0.15, 0.2) is 53.4 Å². The Morgan fingerprint density at radius 2 is 1.81 bits per heavy atom. The fraction of sp³-hybridized carbons (Fsp3) is 0.150. The van der Waals surface area contributed by atoms with Gasteiger partial charge in [0, 0.05) is 0 Å². The molecule has 1 heterocycles. The lowest BCUT2D eigenvalue weighted by molar-refractivity contribution is -0.113. The van der Waals surface area contributed by atoms with Crippen molar-refractivity contribution in [3.05, 3.63) is 70.1 Å². The van der Waals surface area contributed by atoms with Crippen LogP contribution in [0.5, 0.6) is 0 Å². The van der Waals surface area contributed by atoms with Crippen LogP contribution in [0.1, 0.15) is 28.4 Å². The number of ether oxygens (including phenoxy) is 1. The van der Waals surface area contributed by atoms with Crippen molar-refractivity contribution >= 4 is 51.9 Å². The average molecular weight is 383 g/mol. The fourth-order valence-electron chi connectivity index (χ4n) is 2.56. The molecule has 132 valence electrons. The Bertz CT molecular complexity index is 886. The Kier molecular flexibility index (Phi) is 5.54. The lowest BCUT2D eigenvalue weighted by Crippen LogP contribution is -2.27. The monoisotopic (exact) mass is 383 g/mol. The molecule has 0 spiro atoms. The molecule has 1 amide bonds. The van der Waals surface area contributed by atoms with Crippen molar-refractivity contribution in [2.45, 2.75) is 13.3 Å². The van der Waals surface area contributed by atoms with Crippen molar-refractivity contribution in [2.24, 2.45) is 0 Å². The summed E-state index contributed by atoms with van der Waals surface area (Å²) in [5, 5.41) is 0. The highest BCUT2D eigenvalue weighted by Crippen LogP contribution is 2.36. The number of nitrogens with zero attached hydrogens (tertiary/aromatic N) is 1. The van der Waals surface area contributed by atoms with Crippen LogP contribution in [0, 0.1) is 0 Å². The van der Waals surface area contributed by atoms with Gasteiger partial charge in [0.2, 0.25) is 0 Å². The molecule has 0 aliphatic carbocycles. The minimum absolute atomic E-state index is 0.138. The van der Waals surface area contributed by atoms with Crippen LogP contribution >= 0.6 is 24.0 Å². The maximum absolute atomic E-state index is 12.8. The summed E-state index contributed by atoms with van der Waals surface area (Å²) in [6.45, 7) is 2.09. The number of benzene rings is 2. The molecule has 0 bridgehead atoms. The number of methoxy groups -OCH3 is 1. The van der Waals surface area contributed by atoms with Crippen LogP contribution in [0.4, 0.5) is 5.69 Å². The molecule has 3 rings (SSSR count). The summed E-state index contributed by atoms with van der Waals surface area (Å²) in [6.07, 6.45) is 2.72. The molecular weight excluding hydrogens is 366 g/mol. The number of aryl methyl sites for hydroxylation is 1. The fourth-order valence-corrected chi connectivity index (χ4v) is 3.85. The molecule has 1 fully saturated rings. The van der Waals surface area contributed by atoms with E-state index in [1.54, 1.807) is 35.2 Å². The highest BCUT2D eigenvalue weighted by atomic mass is 32.2. The van der Waals surface area contributed by atoms with Crippen molar-refractivity contribution < 1.29 is 14.3 Å². The highest BCUT2D eigenvalue weighted by molar-refractivity contribution is 8.27. The van der Waals surface area contributed by atoms with E-state index in [1.165, 1.54) is 24.4 Å². The third-order valence-electron chi connectivity index (χ3n) is 4.03. The zero-order valence-corrected chi connectivity index (χ0v) is 16.0. The van der Waals surface area contributed by atoms with E-state index in [2.05, 4.69) is 11.7 Å². The Hall–Kier alpha value is -2.44. The van der Waals surface area contributed by atoms with Crippen LogP contribution in [0.2, 0.25) is 0 Å². The quantitative estimate of drug-likeness (QED) is 0.444. The van der Waals surface area contributed by atoms with Gasteiger partial charge in [-0.25, -0.2) is 4.79 Å². The van der Waals surface area contributed by atoms with Gasteiger partial charge in [0.25, 0.3) is 5.91 Å². The number of esters is 1. The molecule has 0 atom stereocenters. The van der Waals surface area contributed by atoms with Gasteiger partial charge in [0.05, 0.1) is 23.3 Å². The van der Waals surface area contributed by atoms with Crippen LogP contribution in [0.3, 0.4) is 0 Å². The molecule has 6 heteroatoms. The zero-order chi connectivity index (χ0) is 18.7. The summed E-state index contributed by atoms with van der Waals surface area (Å²) >= 11 is 6.66. The molecular formula is C20H17NO3S2. The van der Waals surface area contributed by atoms with E-state index in [0.717, 1.165) is 17.7 Å². The summed E-state index contributed by atoms with van der Waals surface area (Å²) in [5.74, 6) is -0.528. The molecule has 1 saturated heterocycles. The summed E-state index contributed by atoms with van der Waals surface area (Å²) in [5.41, 5.74) is 3.27. The lowest BCUT2D eigenvalue weighted by Gasteiger charge is -2.14. The van der Waals surface area contributed by atoms with E-state index in [-0.39, 0.29) is 5.91 Å². The predicted octanol–water partition coefficient (Wildman–Crippen LogP) is 4.44. The number of thiocarbonyl (C=S) groups is 1. The number of rotatable bonds is 4. The Labute approximate surface area is 161 Å². The van der Waals surface area contributed by atoms with E-state index in [0.29, 0.717) is 14.8 Å². The summed E-state index contributed by atoms with van der Waals surface area (Å²) in [6, 6.07) is 14.7. The number of amides is 1. The number of carbonyl (C=O) groups excluding carboxylic acids is 2. The van der Waals surface area contributed by atoms with Crippen molar-refractivity contribution in [1.29, 1.82) is 0 Å². The van der Waals surface area contributed by atoms with E-state index in [4.69, 9.17) is 12.2 Å². The maximum atomic E-state index is 12.8. The largest absolute Gasteiger partial charge is 0.465 e. The van der Waals surface area contributed by atoms with Crippen molar-refractivity contribution in [1.82, 2.24) is 0 Å². The number of hydrogen-bond donors (Lipinski definition) is 0. The third-order valence-corrected chi connectivity index (χ3v) is 5.33. The first kappa shape index (κ1) is 18.4. The van der Waals surface area contributed by atoms with Crippen LogP contribution in [0.25, 0.3) is 6.08 Å². The second kappa shape index (κ2) is 7.85. The number of carbonyl (C=O) groups is 2. The van der Waals surface area contributed by atoms with Gasteiger partial charge in [-0.2, -0.15) is 0 Å². The van der Waals surface area contributed by atoms with E-state index in [1.807, 2.05) is 24.3 Å². The minimum Gasteiger partial charge on any atom is -0.465 e. The molecule has 1 aliphatic rings. The van der Waals surface area contributed by atoms with Gasteiger partial charge in [-0.1, -0.05) is 55.2 Å². The SMILES string of the molecule is CCc1ccc(N2C(=O)C(=Cc3ccc(C(=O)OC)cc3)SC2=S)cc1. The van der Waals surface area contributed by atoms with Gasteiger partial charge >= 0.3 is 5.97 Å². The maximum Gasteiger partial charge on any atom is 0.337 e. The molecule has 0 radical (unpaired) electrons. The molecule has 0 unspecified atom stereocenters. The van der Waals surface area contributed by atoms with E-state index < -0.39 is 5.97 Å². The average Bonchev–Trinajstić information content (AvgIpc) is 2.95. The smallest absolute Gasteiger partial charge is 0.337 e. The van der Waals surface area contributed by atoms with Crippen LogP contribution in [-0.4, -0.2) is 23.3 Å². The standard InChI is InChI=1S/C20H17NO3S2/c1-3-13-6-10-16(11-7-13)21-18(22)17(26-20(21)25)12-14-4-8-15(9-5-14)19(23)24-2/h4-12H,3H2,1-2H3. The normalized spacial score (nSPS) is 15.6. The third kappa shape index (κ3) is 3.71. The first-order valence-corrected chi connectivity index (χ1v) is 9.31. The summed E-state index contributed by atoms with van der Waals surface area (Å²) < 4.78 is 5.19. The molecule has 4 nitrogen and oxygen atoms in total. The minimum atomic E-state index is -0.390. The van der Waals surface area contributed by atoms with Crippen molar-refractivity contribution in [3.8, 4) is 0 Å². The predicted molar refractivity (Wildman–Crippen MR) is 109 cm³/mol. The lowest BCUT2D eigenvalue weighted by atomic mass is 10.1. The van der Waals surface area contributed by atoms with Crippen LogP contribution in [-0.2, 0) is 16.0 Å². The van der Waals surface area contributed by atoms with Gasteiger partial charge in [-0.15, -0.1) is 0 Å². The topological polar surface area (TPSA) is 46.6 Å². The van der Waals surface area contributed by atoms with Gasteiger partial charge in [0.15, 0.2) is 4.32 Å². The second-order valence-electron chi connectivity index (χ2n) is 5.65. The first-order chi connectivity index (χ1) is 12.5. The number of thioether (sulfide) groups is 1. The molecule has 1 aliphatic heterocycles. The number of anilines is 1. The molecule has 0 aromatic heterocycles. The Morgan fingerprint density at radius 3 is 2.38 bits per heavy atom. The van der Waals surface area contributed by atoms with Gasteiger partial charge in [0.1, 0.15) is 0 Å². The second-order valence-corrected chi connectivity index (χ2v) is 7.33. The highest BCUT2D eigenvalue weighted by Gasteiger charge is 2.33. The van der Waals surface area contributed by atoms with Gasteiger partial charge < -0.3 is 4.74 Å². The van der Waals surface area contributed by atoms with E-state index >= 15 is 0 Å². The Balaban J connectivity index is 1.83. The van der Waals surface area contributed by atoms with Gasteiger partial charge in [-0.05, 0) is 47.9 Å². The first-order valence-electron chi connectivity index (χ1n) is 8.08.